The molecular weight excluding hydrogens is 713 g/mol. The molecule has 300 valence electrons. The van der Waals surface area contributed by atoms with Crippen molar-refractivity contribution < 1.29 is 23.9 Å². The first-order valence-corrected chi connectivity index (χ1v) is 20.3. The van der Waals surface area contributed by atoms with Crippen LogP contribution in [-0.2, 0) is 27.4 Å². The number of nitrogens with zero attached hydrogens (tertiary/aromatic N) is 6. The fourth-order valence-electron chi connectivity index (χ4n) is 8.51. The molecule has 0 aliphatic carbocycles. The quantitative estimate of drug-likeness (QED) is 0.162. The minimum absolute atomic E-state index is 0.0402. The van der Waals surface area contributed by atoms with E-state index in [0.717, 1.165) is 90.4 Å². The van der Waals surface area contributed by atoms with Gasteiger partial charge in [0.1, 0.15) is 6.04 Å². The number of hydrogen-bond donors (Lipinski definition) is 2. The number of piperidine rings is 2. The van der Waals surface area contributed by atoms with E-state index in [-0.39, 0.29) is 30.1 Å². The lowest BCUT2D eigenvalue weighted by atomic mass is 9.89. The van der Waals surface area contributed by atoms with Crippen LogP contribution in [0.15, 0.2) is 53.5 Å². The Morgan fingerprint density at radius 2 is 1.66 bits per heavy atom. The zero-order valence-electron chi connectivity index (χ0n) is 33.0. The van der Waals surface area contributed by atoms with Gasteiger partial charge in [0.2, 0.25) is 5.91 Å². The fraction of sp³-hybridized carbons (Fsp3) is 0.548. The monoisotopic (exact) mass is 768 g/mol. The highest BCUT2D eigenvalue weighted by atomic mass is 16.7. The van der Waals surface area contributed by atoms with Crippen molar-refractivity contribution >= 4 is 39.9 Å². The molecule has 0 bridgehead atoms. The molecule has 3 saturated heterocycles. The van der Waals surface area contributed by atoms with Crippen LogP contribution in [0, 0.1) is 6.92 Å². The number of carbonyl (C=O) groups excluding carboxylic acids is 3. The third kappa shape index (κ3) is 9.35. The Morgan fingerprint density at radius 1 is 0.911 bits per heavy atom. The van der Waals surface area contributed by atoms with Gasteiger partial charge in [-0.3, -0.25) is 14.5 Å². The molecule has 3 amide bonds. The lowest BCUT2D eigenvalue weighted by Gasteiger charge is -2.43. The maximum atomic E-state index is 14.4. The van der Waals surface area contributed by atoms with Crippen LogP contribution in [0.5, 0.6) is 0 Å². The van der Waals surface area contributed by atoms with Gasteiger partial charge in [0.05, 0.1) is 12.1 Å². The number of fused-ring (bicyclic) bond motifs is 2. The van der Waals surface area contributed by atoms with Crippen molar-refractivity contribution in [1.29, 1.82) is 0 Å². The predicted molar refractivity (Wildman–Crippen MR) is 215 cm³/mol. The molecule has 56 heavy (non-hydrogen) atoms. The Hall–Kier alpha value is -4.95. The average molecular weight is 769 g/mol. The van der Waals surface area contributed by atoms with E-state index in [9.17, 15) is 19.2 Å². The highest BCUT2D eigenvalue weighted by Gasteiger charge is 2.34. The molecule has 0 unspecified atom stereocenters. The molecule has 0 spiro atoms. The number of amides is 3. The van der Waals surface area contributed by atoms with Crippen molar-refractivity contribution in [2.24, 2.45) is 0 Å². The summed E-state index contributed by atoms with van der Waals surface area (Å²) in [4.78, 5) is 64.9. The molecule has 1 atom stereocenters. The molecule has 14 nitrogen and oxygen atoms in total. The topological polar surface area (TPSA) is 145 Å². The summed E-state index contributed by atoms with van der Waals surface area (Å²) in [5.74, 6) is -0.0409. The lowest BCUT2D eigenvalue weighted by Crippen LogP contribution is -2.59. The van der Waals surface area contributed by atoms with Crippen LogP contribution in [0.25, 0.3) is 21.8 Å². The number of unbranched alkanes of at least 4 members (excludes halogenated alkanes) is 1. The second-order valence-electron chi connectivity index (χ2n) is 15.7. The first-order valence-electron chi connectivity index (χ1n) is 20.3. The zero-order chi connectivity index (χ0) is 39.2. The van der Waals surface area contributed by atoms with Crippen molar-refractivity contribution in [2.75, 3.05) is 66.0 Å². The number of nitrogens with one attached hydrogen (secondary N) is 2. The molecule has 3 fully saturated rings. The number of benzene rings is 2. The van der Waals surface area contributed by atoms with Gasteiger partial charge in [0.15, 0.2) is 6.73 Å². The first kappa shape index (κ1) is 39.3. The molecule has 5 heterocycles. The average Bonchev–Trinajstić information content (AvgIpc) is 3.63. The van der Waals surface area contributed by atoms with Gasteiger partial charge in [0, 0.05) is 74.4 Å². The molecule has 7 rings (SSSR count). The van der Waals surface area contributed by atoms with E-state index in [1.165, 1.54) is 0 Å². The number of piperazine rings is 1. The number of aromatic amines is 1. The molecule has 2 N–H and O–H groups in total. The molecule has 3 aliphatic rings. The van der Waals surface area contributed by atoms with Gasteiger partial charge in [-0.1, -0.05) is 37.6 Å². The van der Waals surface area contributed by atoms with Crippen molar-refractivity contribution in [3.8, 4) is 0 Å². The van der Waals surface area contributed by atoms with Crippen molar-refractivity contribution in [3.63, 3.8) is 0 Å². The second kappa shape index (κ2) is 17.9. The Labute approximate surface area is 328 Å². The summed E-state index contributed by atoms with van der Waals surface area (Å²) in [6.45, 7) is 10.2. The molecule has 0 saturated carbocycles. The summed E-state index contributed by atoms with van der Waals surface area (Å²) in [7, 11) is 2.17. The van der Waals surface area contributed by atoms with Crippen molar-refractivity contribution in [1.82, 2.24) is 39.7 Å². The molecule has 14 heteroatoms. The van der Waals surface area contributed by atoms with Crippen LogP contribution >= 0.6 is 0 Å². The number of pyridine rings is 1. The van der Waals surface area contributed by atoms with Crippen LogP contribution in [0.3, 0.4) is 0 Å². The molecule has 0 radical (unpaired) electrons. The van der Waals surface area contributed by atoms with E-state index in [1.54, 1.807) is 9.58 Å². The smallest absolute Gasteiger partial charge is 0.434 e. The number of aromatic nitrogens is 3. The SMILES string of the molecule is CCCCOC(=O)OCn1cc2cc(C[C@@H](NC(=O)N3CCC(c4cc5ccccc5[nH]c4=O)CC3)C(=O)N3CCN(C4CCN(C)CC4)CC3)cc(C)c2n1. The van der Waals surface area contributed by atoms with Crippen LogP contribution in [0.2, 0.25) is 0 Å². The Morgan fingerprint density at radius 3 is 2.41 bits per heavy atom. The van der Waals surface area contributed by atoms with Crippen LogP contribution in [0.4, 0.5) is 9.59 Å². The van der Waals surface area contributed by atoms with Gasteiger partial charge < -0.3 is 34.5 Å². The predicted octanol–water partition coefficient (Wildman–Crippen LogP) is 4.84. The summed E-state index contributed by atoms with van der Waals surface area (Å²) in [5, 5.41) is 9.60. The molecule has 2 aromatic heterocycles. The highest BCUT2D eigenvalue weighted by Crippen LogP contribution is 2.28. The maximum Gasteiger partial charge on any atom is 0.510 e. The number of ether oxygens (including phenoxy) is 2. The third-order valence-electron chi connectivity index (χ3n) is 11.8. The number of H-pyrrole nitrogens is 1. The standard InChI is InChI=1S/C42H56N8O6/c1-4-5-22-55-42(54)56-28-50-27-33-24-30(23-29(2)38(33)45-50)25-37(40(52)48-20-18-47(19-21-48)34-12-14-46(3)15-13-34)44-41(53)49-16-10-31(11-17-49)35-26-32-8-6-7-9-36(32)43-39(35)51/h6-9,23-24,26-27,31,34,37H,4-5,10-22,25,28H2,1-3H3,(H,43,51)(H,44,53)/t37-/m1/s1. The van der Waals surface area contributed by atoms with Crippen molar-refractivity contribution in [2.45, 2.75) is 83.5 Å². The lowest BCUT2D eigenvalue weighted by molar-refractivity contribution is -0.135. The summed E-state index contributed by atoms with van der Waals surface area (Å²) in [6.07, 6.45) is 6.68. The molecule has 2 aromatic carbocycles. The number of aryl methyl sites for hydroxylation is 1. The van der Waals surface area contributed by atoms with E-state index in [1.807, 2.05) is 67.4 Å². The summed E-state index contributed by atoms with van der Waals surface area (Å²) in [6, 6.07) is 13.2. The minimum Gasteiger partial charge on any atom is -0.434 e. The Kier molecular flexibility index (Phi) is 12.5. The van der Waals surface area contributed by atoms with E-state index in [4.69, 9.17) is 9.47 Å². The molecule has 4 aromatic rings. The van der Waals surface area contributed by atoms with E-state index >= 15 is 0 Å². The van der Waals surface area contributed by atoms with Gasteiger partial charge in [-0.25, -0.2) is 14.3 Å². The zero-order valence-corrected chi connectivity index (χ0v) is 33.0. The van der Waals surface area contributed by atoms with E-state index < -0.39 is 12.2 Å². The number of likely N-dealkylation sites (tertiary alicyclic amines) is 2. The Bertz CT molecular complexity index is 2060. The van der Waals surface area contributed by atoms with Crippen LogP contribution < -0.4 is 10.9 Å². The number of rotatable bonds is 11. The highest BCUT2D eigenvalue weighted by molar-refractivity contribution is 5.88. The number of hydrogen-bond acceptors (Lipinski definition) is 9. The van der Waals surface area contributed by atoms with E-state index in [2.05, 4.69) is 32.2 Å². The van der Waals surface area contributed by atoms with Gasteiger partial charge in [-0.2, -0.15) is 5.10 Å². The molecular formula is C42H56N8O6. The maximum absolute atomic E-state index is 14.4. The number of para-hydroxylation sites is 1. The van der Waals surface area contributed by atoms with Gasteiger partial charge >= 0.3 is 12.2 Å². The van der Waals surface area contributed by atoms with Crippen molar-refractivity contribution in [3.05, 3.63) is 75.7 Å². The van der Waals surface area contributed by atoms with Gasteiger partial charge in [0.25, 0.3) is 5.56 Å². The summed E-state index contributed by atoms with van der Waals surface area (Å²) in [5.41, 5.74) is 4.06. The van der Waals surface area contributed by atoms with Gasteiger partial charge in [-0.05, 0) is 99.8 Å². The second-order valence-corrected chi connectivity index (χ2v) is 15.7. The Balaban J connectivity index is 1.03. The summed E-state index contributed by atoms with van der Waals surface area (Å²) < 4.78 is 11.9. The molecule has 3 aliphatic heterocycles. The van der Waals surface area contributed by atoms with E-state index in [0.29, 0.717) is 58.1 Å². The minimum atomic E-state index is -0.772. The van der Waals surface area contributed by atoms with Crippen LogP contribution in [-0.4, -0.2) is 131 Å². The van der Waals surface area contributed by atoms with Crippen LogP contribution in [0.1, 0.15) is 68.1 Å². The first-order chi connectivity index (χ1) is 27.1. The number of urea groups is 1. The summed E-state index contributed by atoms with van der Waals surface area (Å²) >= 11 is 0. The largest absolute Gasteiger partial charge is 0.510 e. The third-order valence-corrected chi connectivity index (χ3v) is 11.8. The fourth-order valence-corrected chi connectivity index (χ4v) is 8.51. The normalized spacial score (nSPS) is 18.3. The van der Waals surface area contributed by atoms with Gasteiger partial charge in [-0.15, -0.1) is 0 Å². The number of carbonyl (C=O) groups is 3.